The molecule has 16 heavy (non-hydrogen) atoms. The highest BCUT2D eigenvalue weighted by atomic mass is 16.5. The highest BCUT2D eigenvalue weighted by Crippen LogP contribution is 2.47. The third-order valence-electron chi connectivity index (χ3n) is 4.36. The van der Waals surface area contributed by atoms with E-state index >= 15 is 0 Å². The quantitative estimate of drug-likeness (QED) is 0.560. The van der Waals surface area contributed by atoms with Crippen LogP contribution in [0.25, 0.3) is 0 Å². The number of ether oxygens (including phenoxy) is 1. The molecule has 2 N–H and O–H groups in total. The van der Waals surface area contributed by atoms with E-state index in [9.17, 15) is 0 Å². The van der Waals surface area contributed by atoms with Crippen LogP contribution in [0.5, 0.6) is 0 Å². The highest BCUT2D eigenvalue weighted by molar-refractivity contribution is 5.78. The SMILES string of the molecule is CC1(CN=C(N)N2CCC2)CC2CCC1O2. The Morgan fingerprint density at radius 3 is 2.81 bits per heavy atom. The van der Waals surface area contributed by atoms with Crippen molar-refractivity contribution in [3.8, 4) is 0 Å². The van der Waals surface area contributed by atoms with Crippen LogP contribution in [0.2, 0.25) is 0 Å². The number of fused-ring (bicyclic) bond motifs is 2. The van der Waals surface area contributed by atoms with Crippen molar-refractivity contribution in [3.63, 3.8) is 0 Å². The maximum Gasteiger partial charge on any atom is 0.191 e. The molecule has 3 aliphatic heterocycles. The van der Waals surface area contributed by atoms with E-state index < -0.39 is 0 Å². The summed E-state index contributed by atoms with van der Waals surface area (Å²) in [6.45, 7) is 5.28. The molecule has 4 heteroatoms. The zero-order chi connectivity index (χ0) is 11.2. The van der Waals surface area contributed by atoms with Crippen molar-refractivity contribution in [1.82, 2.24) is 4.90 Å². The first-order chi connectivity index (χ1) is 7.67. The Labute approximate surface area is 96.8 Å². The minimum Gasteiger partial charge on any atom is -0.374 e. The van der Waals surface area contributed by atoms with E-state index in [-0.39, 0.29) is 5.41 Å². The molecular weight excluding hydrogens is 202 g/mol. The molecule has 0 spiro atoms. The van der Waals surface area contributed by atoms with Crippen LogP contribution in [0.4, 0.5) is 0 Å². The Morgan fingerprint density at radius 1 is 1.50 bits per heavy atom. The van der Waals surface area contributed by atoms with Crippen LogP contribution in [0, 0.1) is 5.41 Å². The second-order valence-corrected chi connectivity index (χ2v) is 5.70. The van der Waals surface area contributed by atoms with E-state index in [1.54, 1.807) is 0 Å². The zero-order valence-electron chi connectivity index (χ0n) is 9.98. The van der Waals surface area contributed by atoms with E-state index in [4.69, 9.17) is 10.5 Å². The summed E-state index contributed by atoms with van der Waals surface area (Å²) in [6.07, 6.45) is 5.78. The van der Waals surface area contributed by atoms with Crippen molar-refractivity contribution in [2.24, 2.45) is 16.1 Å². The number of hydrogen-bond acceptors (Lipinski definition) is 2. The van der Waals surface area contributed by atoms with Gasteiger partial charge in [0.1, 0.15) is 0 Å². The summed E-state index contributed by atoms with van der Waals surface area (Å²) in [5, 5.41) is 0. The minimum atomic E-state index is 0.235. The number of rotatable bonds is 2. The first-order valence-corrected chi connectivity index (χ1v) is 6.38. The molecule has 3 heterocycles. The fourth-order valence-electron chi connectivity index (χ4n) is 3.09. The molecule has 2 bridgehead atoms. The molecule has 3 aliphatic rings. The van der Waals surface area contributed by atoms with E-state index in [0.29, 0.717) is 12.2 Å². The van der Waals surface area contributed by atoms with Gasteiger partial charge in [0.25, 0.3) is 0 Å². The Morgan fingerprint density at radius 2 is 2.31 bits per heavy atom. The molecular formula is C12H21N3O. The lowest BCUT2D eigenvalue weighted by molar-refractivity contribution is 0.0705. The molecule has 0 saturated carbocycles. The summed E-state index contributed by atoms with van der Waals surface area (Å²) < 4.78 is 5.90. The molecule has 3 saturated heterocycles. The first-order valence-electron chi connectivity index (χ1n) is 6.38. The Kier molecular flexibility index (Phi) is 2.35. The Balaban J connectivity index is 1.61. The zero-order valence-corrected chi connectivity index (χ0v) is 9.98. The number of likely N-dealkylation sites (tertiary alicyclic amines) is 1. The normalized spacial score (nSPS) is 42.6. The second kappa shape index (κ2) is 3.62. The molecule has 4 nitrogen and oxygen atoms in total. The standard InChI is InChI=1S/C12H21N3O/c1-12(7-9-3-4-10(12)16-9)8-14-11(13)15-5-2-6-15/h9-10H,2-8H2,1H3,(H2,13,14). The molecule has 0 aromatic carbocycles. The molecule has 0 aromatic heterocycles. The largest absolute Gasteiger partial charge is 0.374 e. The Hall–Kier alpha value is -0.770. The van der Waals surface area contributed by atoms with Crippen LogP contribution in [0.3, 0.4) is 0 Å². The summed E-state index contributed by atoms with van der Waals surface area (Å²) in [5.41, 5.74) is 6.18. The molecule has 3 unspecified atom stereocenters. The van der Waals surface area contributed by atoms with Crippen molar-refractivity contribution >= 4 is 5.96 Å². The summed E-state index contributed by atoms with van der Waals surface area (Å²) >= 11 is 0. The second-order valence-electron chi connectivity index (χ2n) is 5.70. The van der Waals surface area contributed by atoms with Crippen molar-refractivity contribution in [3.05, 3.63) is 0 Å². The van der Waals surface area contributed by atoms with Gasteiger partial charge in [-0.25, -0.2) is 0 Å². The van der Waals surface area contributed by atoms with Crippen molar-refractivity contribution in [2.75, 3.05) is 19.6 Å². The summed E-state index contributed by atoms with van der Waals surface area (Å²) in [4.78, 5) is 6.71. The van der Waals surface area contributed by atoms with Gasteiger partial charge in [-0.3, -0.25) is 4.99 Å². The van der Waals surface area contributed by atoms with E-state index in [1.807, 2.05) is 0 Å². The molecule has 90 valence electrons. The predicted molar refractivity (Wildman–Crippen MR) is 63.3 cm³/mol. The maximum atomic E-state index is 5.95. The summed E-state index contributed by atoms with van der Waals surface area (Å²) in [5.74, 6) is 0.732. The third kappa shape index (κ3) is 1.59. The van der Waals surface area contributed by atoms with Crippen LogP contribution >= 0.6 is 0 Å². The maximum absolute atomic E-state index is 5.95. The molecule has 3 fully saturated rings. The van der Waals surface area contributed by atoms with Gasteiger partial charge in [-0.15, -0.1) is 0 Å². The third-order valence-corrected chi connectivity index (χ3v) is 4.36. The van der Waals surface area contributed by atoms with Gasteiger partial charge >= 0.3 is 0 Å². The van der Waals surface area contributed by atoms with Crippen molar-refractivity contribution in [2.45, 2.75) is 44.8 Å². The van der Waals surface area contributed by atoms with Crippen LogP contribution in [0.15, 0.2) is 4.99 Å². The van der Waals surface area contributed by atoms with Gasteiger partial charge < -0.3 is 15.4 Å². The van der Waals surface area contributed by atoms with Gasteiger partial charge in [-0.05, 0) is 25.7 Å². The molecule has 0 radical (unpaired) electrons. The minimum absolute atomic E-state index is 0.235. The predicted octanol–water partition coefficient (Wildman–Crippen LogP) is 0.964. The summed E-state index contributed by atoms with van der Waals surface area (Å²) in [7, 11) is 0. The van der Waals surface area contributed by atoms with Gasteiger partial charge in [-0.1, -0.05) is 6.92 Å². The average molecular weight is 223 g/mol. The monoisotopic (exact) mass is 223 g/mol. The number of aliphatic imine (C=N–C) groups is 1. The van der Waals surface area contributed by atoms with Crippen LogP contribution in [0.1, 0.15) is 32.6 Å². The van der Waals surface area contributed by atoms with Crippen LogP contribution in [-0.4, -0.2) is 42.7 Å². The summed E-state index contributed by atoms with van der Waals surface area (Å²) in [6, 6.07) is 0. The molecule has 3 atom stereocenters. The number of nitrogens with zero attached hydrogens (tertiary/aromatic N) is 2. The lowest BCUT2D eigenvalue weighted by Crippen LogP contribution is -2.47. The van der Waals surface area contributed by atoms with Gasteiger partial charge in [-0.2, -0.15) is 0 Å². The average Bonchev–Trinajstić information content (AvgIpc) is 2.72. The van der Waals surface area contributed by atoms with E-state index in [2.05, 4.69) is 16.8 Å². The van der Waals surface area contributed by atoms with Crippen LogP contribution in [-0.2, 0) is 4.74 Å². The lowest BCUT2D eigenvalue weighted by Gasteiger charge is -2.33. The fourth-order valence-corrected chi connectivity index (χ4v) is 3.09. The highest BCUT2D eigenvalue weighted by Gasteiger charge is 2.49. The smallest absolute Gasteiger partial charge is 0.191 e. The Bertz CT molecular complexity index is 313. The van der Waals surface area contributed by atoms with Gasteiger partial charge in [0.05, 0.1) is 18.8 Å². The van der Waals surface area contributed by atoms with E-state index in [0.717, 1.165) is 32.0 Å². The van der Waals surface area contributed by atoms with Crippen molar-refractivity contribution < 1.29 is 4.74 Å². The van der Waals surface area contributed by atoms with Crippen LogP contribution < -0.4 is 5.73 Å². The molecule has 0 aliphatic carbocycles. The number of nitrogens with two attached hydrogens (primary N) is 1. The van der Waals surface area contributed by atoms with Gasteiger partial charge in [0, 0.05) is 18.5 Å². The van der Waals surface area contributed by atoms with Gasteiger partial charge in [0.2, 0.25) is 0 Å². The van der Waals surface area contributed by atoms with Gasteiger partial charge in [0.15, 0.2) is 5.96 Å². The topological polar surface area (TPSA) is 50.8 Å². The molecule has 0 aromatic rings. The number of hydrogen-bond donors (Lipinski definition) is 1. The lowest BCUT2D eigenvalue weighted by atomic mass is 9.76. The molecule has 3 rings (SSSR count). The fraction of sp³-hybridized carbons (Fsp3) is 0.917. The number of guanidine groups is 1. The van der Waals surface area contributed by atoms with E-state index in [1.165, 1.54) is 19.3 Å². The first kappa shape index (κ1) is 10.4. The van der Waals surface area contributed by atoms with Crippen molar-refractivity contribution in [1.29, 1.82) is 0 Å². The molecule has 0 amide bonds.